The van der Waals surface area contributed by atoms with E-state index >= 15 is 0 Å². The first-order valence-electron chi connectivity index (χ1n) is 12.3. The van der Waals surface area contributed by atoms with Gasteiger partial charge < -0.3 is 15.5 Å². The maximum atomic E-state index is 13.2. The second-order valence-electron chi connectivity index (χ2n) is 9.51. The molecule has 1 saturated heterocycles. The lowest BCUT2D eigenvalue weighted by Crippen LogP contribution is -2.52. The molecule has 33 heavy (non-hydrogen) atoms. The highest BCUT2D eigenvalue weighted by molar-refractivity contribution is 6.06. The van der Waals surface area contributed by atoms with Gasteiger partial charge in [-0.2, -0.15) is 0 Å². The molecule has 4 rings (SSSR count). The lowest BCUT2D eigenvalue weighted by molar-refractivity contribution is -0.136. The van der Waals surface area contributed by atoms with Gasteiger partial charge in [0.2, 0.25) is 11.8 Å². The van der Waals surface area contributed by atoms with Crippen molar-refractivity contribution in [3.05, 3.63) is 29.3 Å². The van der Waals surface area contributed by atoms with Crippen LogP contribution in [0.4, 0.5) is 5.69 Å². The molecule has 2 fully saturated rings. The van der Waals surface area contributed by atoms with Crippen LogP contribution in [-0.4, -0.2) is 47.8 Å². The van der Waals surface area contributed by atoms with E-state index in [4.69, 9.17) is 5.73 Å². The van der Waals surface area contributed by atoms with E-state index in [1.807, 2.05) is 12.1 Å². The van der Waals surface area contributed by atoms with Crippen molar-refractivity contribution in [1.82, 2.24) is 10.2 Å². The summed E-state index contributed by atoms with van der Waals surface area (Å²) in [6.07, 6.45) is 8.71. The fraction of sp³-hybridized carbons (Fsp3) is 0.640. The molecule has 3 N–H and O–H groups in total. The number of anilines is 1. The summed E-state index contributed by atoms with van der Waals surface area (Å²) in [5.41, 5.74) is 8.78. The normalized spacial score (nSPS) is 24.8. The van der Waals surface area contributed by atoms with Crippen LogP contribution in [0, 0.1) is 5.92 Å². The highest BCUT2D eigenvalue weighted by atomic mass is 35.5. The number of hydrogen-bond donors (Lipinski definition) is 2. The number of nitrogens with one attached hydrogen (secondary N) is 1. The van der Waals surface area contributed by atoms with Crippen LogP contribution in [0.2, 0.25) is 0 Å². The summed E-state index contributed by atoms with van der Waals surface area (Å²) in [6, 6.07) is 5.87. The topological polar surface area (TPSA) is 95.7 Å². The van der Waals surface area contributed by atoms with E-state index in [0.29, 0.717) is 30.5 Å². The van der Waals surface area contributed by atoms with E-state index in [9.17, 15) is 14.4 Å². The molecule has 1 aliphatic carbocycles. The van der Waals surface area contributed by atoms with Crippen molar-refractivity contribution >= 4 is 35.8 Å². The smallest absolute Gasteiger partial charge is 0.255 e. The van der Waals surface area contributed by atoms with Gasteiger partial charge in [-0.15, -0.1) is 12.4 Å². The minimum atomic E-state index is -0.575. The summed E-state index contributed by atoms with van der Waals surface area (Å²) in [5, 5.41) is 2.39. The number of piperidine rings is 1. The Kier molecular flexibility index (Phi) is 8.76. The average Bonchev–Trinajstić information content (AvgIpc) is 3.14. The zero-order valence-corrected chi connectivity index (χ0v) is 20.4. The molecule has 1 saturated carbocycles. The standard InChI is InChI=1S/C25H36N4O3.ClH/c1-2-3-4-14-28(18-10-8-17(15-26)9-11-18)21-7-5-6-19-20(21)16-29(25(19)32)22-12-13-23(30)27-24(22)31;/h5-7,17-18,22H,2-4,8-16,26H2,1H3,(H,27,30,31);1H. The number of hydrogen-bond acceptors (Lipinski definition) is 5. The maximum Gasteiger partial charge on any atom is 0.255 e. The van der Waals surface area contributed by atoms with Crippen LogP contribution in [0.5, 0.6) is 0 Å². The van der Waals surface area contributed by atoms with Gasteiger partial charge >= 0.3 is 0 Å². The third-order valence-electron chi connectivity index (χ3n) is 7.46. The summed E-state index contributed by atoms with van der Waals surface area (Å²) in [5.74, 6) is -0.0957. The lowest BCUT2D eigenvalue weighted by Gasteiger charge is -2.39. The van der Waals surface area contributed by atoms with Gasteiger partial charge in [0.25, 0.3) is 5.91 Å². The third-order valence-corrected chi connectivity index (χ3v) is 7.46. The summed E-state index contributed by atoms with van der Waals surface area (Å²) in [6.45, 7) is 4.39. The van der Waals surface area contributed by atoms with Gasteiger partial charge in [0, 0.05) is 42.4 Å². The van der Waals surface area contributed by atoms with Gasteiger partial charge in [0.1, 0.15) is 6.04 Å². The number of fused-ring (bicyclic) bond motifs is 1. The van der Waals surface area contributed by atoms with Crippen molar-refractivity contribution in [3.8, 4) is 0 Å². The van der Waals surface area contributed by atoms with E-state index < -0.39 is 6.04 Å². The molecule has 8 heteroatoms. The van der Waals surface area contributed by atoms with Crippen LogP contribution < -0.4 is 16.0 Å². The minimum Gasteiger partial charge on any atom is -0.368 e. The first kappa shape index (κ1) is 25.5. The molecule has 2 aliphatic heterocycles. The average molecular weight is 477 g/mol. The predicted molar refractivity (Wildman–Crippen MR) is 131 cm³/mol. The van der Waals surface area contributed by atoms with Crippen molar-refractivity contribution in [1.29, 1.82) is 0 Å². The first-order valence-corrected chi connectivity index (χ1v) is 12.3. The van der Waals surface area contributed by atoms with Gasteiger partial charge in [0.05, 0.1) is 0 Å². The molecule has 0 radical (unpaired) electrons. The Bertz CT molecular complexity index is 869. The van der Waals surface area contributed by atoms with E-state index in [1.54, 1.807) is 4.90 Å². The largest absolute Gasteiger partial charge is 0.368 e. The molecule has 1 aromatic rings. The van der Waals surface area contributed by atoms with Gasteiger partial charge in [-0.1, -0.05) is 25.8 Å². The molecule has 0 spiro atoms. The van der Waals surface area contributed by atoms with Crippen LogP contribution in [0.1, 0.15) is 80.6 Å². The lowest BCUT2D eigenvalue weighted by atomic mass is 9.85. The number of halogens is 1. The highest BCUT2D eigenvalue weighted by Crippen LogP contribution is 2.37. The molecule has 182 valence electrons. The molecular weight excluding hydrogens is 440 g/mol. The number of benzene rings is 1. The van der Waals surface area contributed by atoms with Gasteiger partial charge in [-0.3, -0.25) is 19.7 Å². The molecule has 1 unspecified atom stereocenters. The molecular formula is C25H37ClN4O3. The van der Waals surface area contributed by atoms with Crippen LogP contribution >= 0.6 is 12.4 Å². The molecule has 0 aromatic heterocycles. The zero-order valence-electron chi connectivity index (χ0n) is 19.6. The van der Waals surface area contributed by atoms with Crippen LogP contribution in [0.15, 0.2) is 18.2 Å². The van der Waals surface area contributed by atoms with Crippen molar-refractivity contribution in [2.45, 2.75) is 83.3 Å². The SMILES string of the molecule is CCCCCN(c1cccc2c1CN(C1CCC(=O)NC1=O)C2=O)C1CCC(CN)CC1.Cl. The third kappa shape index (κ3) is 5.35. The Hall–Kier alpha value is -2.12. The number of amides is 3. The van der Waals surface area contributed by atoms with Crippen molar-refractivity contribution in [2.24, 2.45) is 11.7 Å². The number of nitrogens with zero attached hydrogens (tertiary/aromatic N) is 2. The fourth-order valence-electron chi connectivity index (χ4n) is 5.56. The molecule has 3 amide bonds. The Morgan fingerprint density at radius 3 is 2.52 bits per heavy atom. The second kappa shape index (κ2) is 11.3. The monoisotopic (exact) mass is 476 g/mol. The quantitative estimate of drug-likeness (QED) is 0.443. The van der Waals surface area contributed by atoms with Gasteiger partial charge in [0.15, 0.2) is 0 Å². The van der Waals surface area contributed by atoms with Crippen molar-refractivity contribution in [3.63, 3.8) is 0 Å². The number of unbranched alkanes of at least 4 members (excludes halogenated alkanes) is 2. The zero-order chi connectivity index (χ0) is 22.7. The summed E-state index contributed by atoms with van der Waals surface area (Å²) in [4.78, 5) is 41.4. The van der Waals surface area contributed by atoms with Crippen LogP contribution in [0.3, 0.4) is 0 Å². The Morgan fingerprint density at radius 1 is 1.09 bits per heavy atom. The Balaban J connectivity index is 0.00000306. The second-order valence-corrected chi connectivity index (χ2v) is 9.51. The Labute approximate surface area is 202 Å². The molecule has 2 heterocycles. The maximum absolute atomic E-state index is 13.2. The van der Waals surface area contributed by atoms with E-state index in [-0.39, 0.29) is 36.5 Å². The number of carbonyl (C=O) groups excluding carboxylic acids is 3. The summed E-state index contributed by atoms with van der Waals surface area (Å²) >= 11 is 0. The van der Waals surface area contributed by atoms with Crippen LogP contribution in [-0.2, 0) is 16.1 Å². The van der Waals surface area contributed by atoms with Gasteiger partial charge in [-0.05, 0) is 63.1 Å². The minimum absolute atomic E-state index is 0. The highest BCUT2D eigenvalue weighted by Gasteiger charge is 2.40. The molecule has 1 aromatic carbocycles. The summed E-state index contributed by atoms with van der Waals surface area (Å²) < 4.78 is 0. The predicted octanol–water partition coefficient (Wildman–Crippen LogP) is 3.38. The van der Waals surface area contributed by atoms with E-state index in [2.05, 4.69) is 23.2 Å². The number of nitrogens with two attached hydrogens (primary N) is 1. The molecule has 3 aliphatic rings. The fourth-order valence-corrected chi connectivity index (χ4v) is 5.56. The molecule has 1 atom stereocenters. The number of imide groups is 1. The van der Waals surface area contributed by atoms with Crippen molar-refractivity contribution < 1.29 is 14.4 Å². The number of carbonyl (C=O) groups is 3. The molecule has 7 nitrogen and oxygen atoms in total. The molecule has 0 bridgehead atoms. The first-order chi connectivity index (χ1) is 15.5. The van der Waals surface area contributed by atoms with Gasteiger partial charge in [-0.25, -0.2) is 0 Å². The number of rotatable bonds is 8. The van der Waals surface area contributed by atoms with Crippen LogP contribution in [0.25, 0.3) is 0 Å². The van der Waals surface area contributed by atoms with E-state index in [1.165, 1.54) is 12.8 Å². The summed E-state index contributed by atoms with van der Waals surface area (Å²) in [7, 11) is 0. The Morgan fingerprint density at radius 2 is 1.85 bits per heavy atom. The van der Waals surface area contributed by atoms with Crippen molar-refractivity contribution in [2.75, 3.05) is 18.0 Å². The van der Waals surface area contributed by atoms with E-state index in [0.717, 1.165) is 56.4 Å².